The van der Waals surface area contributed by atoms with E-state index < -0.39 is 0 Å². The maximum absolute atomic E-state index is 4.99. The van der Waals surface area contributed by atoms with Gasteiger partial charge in [0.2, 0.25) is 0 Å². The van der Waals surface area contributed by atoms with E-state index in [1.165, 1.54) is 0 Å². The van der Waals surface area contributed by atoms with Gasteiger partial charge in [0.1, 0.15) is 0 Å². The van der Waals surface area contributed by atoms with Crippen LogP contribution in [0.3, 0.4) is 0 Å². The van der Waals surface area contributed by atoms with E-state index in [1.807, 2.05) is 19.9 Å². The molecule has 0 aliphatic rings. The molecule has 0 aromatic carbocycles. The lowest BCUT2D eigenvalue weighted by Crippen LogP contribution is -2.02. The molecular formula is C6H11BrO. The molecule has 0 amide bonds. The third kappa shape index (κ3) is 2.48. The number of methoxy groups -OCH3 is 1. The van der Waals surface area contributed by atoms with Crippen LogP contribution in [-0.2, 0) is 4.74 Å². The van der Waals surface area contributed by atoms with Crippen molar-refractivity contribution in [2.24, 2.45) is 0 Å². The number of allylic oxidation sites excluding steroid dienone is 1. The van der Waals surface area contributed by atoms with Crippen molar-refractivity contribution in [2.45, 2.75) is 20.0 Å². The largest absolute Gasteiger partial charge is 0.377 e. The average Bonchev–Trinajstić information content (AvgIpc) is 1.84. The van der Waals surface area contributed by atoms with Crippen molar-refractivity contribution in [3.63, 3.8) is 0 Å². The van der Waals surface area contributed by atoms with Crippen LogP contribution in [0.4, 0.5) is 0 Å². The van der Waals surface area contributed by atoms with E-state index >= 15 is 0 Å². The van der Waals surface area contributed by atoms with E-state index in [0.717, 1.165) is 4.48 Å². The first-order valence-corrected chi connectivity index (χ1v) is 3.36. The maximum Gasteiger partial charge on any atom is 0.0854 e. The molecule has 0 aromatic heterocycles. The summed E-state index contributed by atoms with van der Waals surface area (Å²) in [6.45, 7) is 3.96. The molecule has 0 aliphatic heterocycles. The van der Waals surface area contributed by atoms with E-state index in [4.69, 9.17) is 4.74 Å². The summed E-state index contributed by atoms with van der Waals surface area (Å²) in [5, 5.41) is 0. The number of rotatable bonds is 2. The highest BCUT2D eigenvalue weighted by Crippen LogP contribution is 2.11. The monoisotopic (exact) mass is 178 g/mol. The molecule has 48 valence electrons. The SMILES string of the molecule is C/C=C(/Br)[C@@H](C)OC. The number of halogens is 1. The molecule has 0 aliphatic carbocycles. The Balaban J connectivity index is 3.63. The van der Waals surface area contributed by atoms with Crippen LogP contribution < -0.4 is 0 Å². The van der Waals surface area contributed by atoms with Crippen LogP contribution in [0.15, 0.2) is 10.6 Å². The lowest BCUT2D eigenvalue weighted by atomic mass is 10.4. The third-order valence-corrected chi connectivity index (χ3v) is 2.12. The van der Waals surface area contributed by atoms with Crippen molar-refractivity contribution in [2.75, 3.05) is 7.11 Å². The van der Waals surface area contributed by atoms with Crippen LogP contribution in [0.1, 0.15) is 13.8 Å². The smallest absolute Gasteiger partial charge is 0.0854 e. The molecule has 0 fully saturated rings. The number of hydrogen-bond donors (Lipinski definition) is 0. The van der Waals surface area contributed by atoms with Gasteiger partial charge in [-0.3, -0.25) is 0 Å². The Morgan fingerprint density at radius 2 is 2.25 bits per heavy atom. The summed E-state index contributed by atoms with van der Waals surface area (Å²) < 4.78 is 6.08. The summed E-state index contributed by atoms with van der Waals surface area (Å²) in [6.07, 6.45) is 2.17. The predicted octanol–water partition coefficient (Wildman–Crippen LogP) is 2.32. The average molecular weight is 179 g/mol. The summed E-state index contributed by atoms with van der Waals surface area (Å²) in [7, 11) is 1.69. The van der Waals surface area contributed by atoms with Crippen molar-refractivity contribution in [1.82, 2.24) is 0 Å². The van der Waals surface area contributed by atoms with Gasteiger partial charge in [0.15, 0.2) is 0 Å². The Kier molecular flexibility index (Phi) is 4.19. The van der Waals surface area contributed by atoms with Gasteiger partial charge in [-0.15, -0.1) is 0 Å². The summed E-state index contributed by atoms with van der Waals surface area (Å²) in [5.41, 5.74) is 0. The third-order valence-electron chi connectivity index (χ3n) is 1.02. The molecule has 0 heterocycles. The minimum Gasteiger partial charge on any atom is -0.377 e. The van der Waals surface area contributed by atoms with Gasteiger partial charge in [-0.25, -0.2) is 0 Å². The summed E-state index contributed by atoms with van der Waals surface area (Å²) >= 11 is 3.34. The zero-order valence-electron chi connectivity index (χ0n) is 5.44. The second-order valence-electron chi connectivity index (χ2n) is 1.55. The van der Waals surface area contributed by atoms with Crippen LogP contribution in [0, 0.1) is 0 Å². The summed E-state index contributed by atoms with van der Waals surface area (Å²) in [5.74, 6) is 0. The molecule has 0 radical (unpaired) electrons. The second-order valence-corrected chi connectivity index (χ2v) is 2.47. The molecule has 0 spiro atoms. The van der Waals surface area contributed by atoms with Crippen LogP contribution in [0.2, 0.25) is 0 Å². The molecule has 0 aromatic rings. The fourth-order valence-electron chi connectivity index (χ4n) is 0.347. The van der Waals surface area contributed by atoms with Gasteiger partial charge in [-0.2, -0.15) is 0 Å². The molecule has 1 atom stereocenters. The Bertz CT molecular complexity index is 88.5. The highest BCUT2D eigenvalue weighted by Gasteiger charge is 1.99. The molecule has 1 nitrogen and oxygen atoms in total. The van der Waals surface area contributed by atoms with E-state index in [0.29, 0.717) is 0 Å². The first-order valence-electron chi connectivity index (χ1n) is 2.56. The molecular weight excluding hydrogens is 168 g/mol. The van der Waals surface area contributed by atoms with Crippen LogP contribution in [0.5, 0.6) is 0 Å². The van der Waals surface area contributed by atoms with Gasteiger partial charge in [-0.1, -0.05) is 22.0 Å². The molecule has 0 unspecified atom stereocenters. The van der Waals surface area contributed by atoms with Gasteiger partial charge in [0, 0.05) is 11.6 Å². The predicted molar refractivity (Wildman–Crippen MR) is 39.2 cm³/mol. The highest BCUT2D eigenvalue weighted by molar-refractivity contribution is 9.11. The van der Waals surface area contributed by atoms with Gasteiger partial charge >= 0.3 is 0 Å². The lowest BCUT2D eigenvalue weighted by molar-refractivity contribution is 0.154. The Hall–Kier alpha value is 0.180. The standard InChI is InChI=1S/C6H11BrO/c1-4-6(7)5(2)8-3/h4-5H,1-3H3/b6-4+/t5-/m1/s1. The molecule has 0 saturated heterocycles. The quantitative estimate of drug-likeness (QED) is 0.631. The van der Waals surface area contributed by atoms with E-state index in [9.17, 15) is 0 Å². The first kappa shape index (κ1) is 8.18. The van der Waals surface area contributed by atoms with Gasteiger partial charge in [-0.05, 0) is 13.8 Å². The van der Waals surface area contributed by atoms with Crippen LogP contribution in [0.25, 0.3) is 0 Å². The topological polar surface area (TPSA) is 9.23 Å². The Morgan fingerprint density at radius 1 is 1.75 bits per heavy atom. The summed E-state index contributed by atoms with van der Waals surface area (Å²) in [6, 6.07) is 0. The normalized spacial score (nSPS) is 16.2. The molecule has 0 N–H and O–H groups in total. The Morgan fingerprint density at radius 3 is 2.38 bits per heavy atom. The van der Waals surface area contributed by atoms with E-state index in [2.05, 4.69) is 15.9 Å². The Labute approximate surface area is 58.9 Å². The van der Waals surface area contributed by atoms with Crippen molar-refractivity contribution >= 4 is 15.9 Å². The summed E-state index contributed by atoms with van der Waals surface area (Å²) in [4.78, 5) is 0. The first-order chi connectivity index (χ1) is 3.72. The van der Waals surface area contributed by atoms with Gasteiger partial charge < -0.3 is 4.74 Å². The lowest BCUT2D eigenvalue weighted by Gasteiger charge is -2.05. The van der Waals surface area contributed by atoms with Gasteiger partial charge in [0.25, 0.3) is 0 Å². The van der Waals surface area contributed by atoms with Gasteiger partial charge in [0.05, 0.1) is 6.10 Å². The molecule has 8 heavy (non-hydrogen) atoms. The van der Waals surface area contributed by atoms with E-state index in [-0.39, 0.29) is 6.10 Å². The van der Waals surface area contributed by atoms with Crippen LogP contribution in [-0.4, -0.2) is 13.2 Å². The maximum atomic E-state index is 4.99. The minimum atomic E-state index is 0.194. The number of ether oxygens (including phenoxy) is 1. The van der Waals surface area contributed by atoms with Crippen molar-refractivity contribution in [1.29, 1.82) is 0 Å². The zero-order valence-corrected chi connectivity index (χ0v) is 7.03. The fraction of sp³-hybridized carbons (Fsp3) is 0.667. The van der Waals surface area contributed by atoms with Crippen molar-refractivity contribution in [3.8, 4) is 0 Å². The minimum absolute atomic E-state index is 0.194. The fourth-order valence-corrected chi connectivity index (χ4v) is 0.534. The highest BCUT2D eigenvalue weighted by atomic mass is 79.9. The molecule has 0 saturated carbocycles. The van der Waals surface area contributed by atoms with Crippen molar-refractivity contribution < 1.29 is 4.74 Å². The molecule has 0 bridgehead atoms. The number of hydrogen-bond acceptors (Lipinski definition) is 1. The van der Waals surface area contributed by atoms with Crippen molar-refractivity contribution in [3.05, 3.63) is 10.6 Å². The molecule has 0 rings (SSSR count). The van der Waals surface area contributed by atoms with E-state index in [1.54, 1.807) is 7.11 Å². The van der Waals surface area contributed by atoms with Crippen LogP contribution >= 0.6 is 15.9 Å². The zero-order chi connectivity index (χ0) is 6.57. The second kappa shape index (κ2) is 4.10. The molecule has 2 heteroatoms.